The Morgan fingerprint density at radius 1 is 1.00 bits per heavy atom. The SMILES string of the molecule is CC(=O)Nc1cccc(NC(=O)Cn2c(-c3nnc(C)o3)cc3ccccc32)c1. The van der Waals surface area contributed by atoms with Gasteiger partial charge in [0.2, 0.25) is 17.7 Å². The number of para-hydroxylation sites is 1. The molecule has 0 aliphatic carbocycles. The van der Waals surface area contributed by atoms with Crippen molar-refractivity contribution in [2.75, 3.05) is 10.6 Å². The Morgan fingerprint density at radius 3 is 2.48 bits per heavy atom. The number of carbonyl (C=O) groups excluding carboxylic acids is 2. The summed E-state index contributed by atoms with van der Waals surface area (Å²) in [5.74, 6) is 0.422. The van der Waals surface area contributed by atoms with Gasteiger partial charge in [0.25, 0.3) is 5.89 Å². The molecule has 2 N–H and O–H groups in total. The van der Waals surface area contributed by atoms with Crippen LogP contribution in [-0.2, 0) is 16.1 Å². The minimum Gasteiger partial charge on any atom is -0.420 e. The highest BCUT2D eigenvalue weighted by Crippen LogP contribution is 2.27. The standard InChI is InChI=1S/C21H19N5O3/c1-13(27)22-16-7-5-8-17(11-16)23-20(28)12-26-18-9-4-3-6-15(18)10-19(26)21-25-24-14(2)29-21/h3-11H,12H2,1-2H3,(H,22,27)(H,23,28). The van der Waals surface area contributed by atoms with Crippen molar-refractivity contribution in [1.82, 2.24) is 14.8 Å². The largest absolute Gasteiger partial charge is 0.420 e. The third kappa shape index (κ3) is 4.01. The fraction of sp³-hybridized carbons (Fsp3) is 0.143. The molecule has 2 aromatic carbocycles. The molecule has 4 rings (SSSR count). The fourth-order valence-corrected chi connectivity index (χ4v) is 3.18. The van der Waals surface area contributed by atoms with Gasteiger partial charge in [0, 0.05) is 36.1 Å². The van der Waals surface area contributed by atoms with Gasteiger partial charge in [-0.2, -0.15) is 0 Å². The predicted octanol–water partition coefficient (Wildman–Crippen LogP) is 3.60. The van der Waals surface area contributed by atoms with Crippen LogP contribution in [0, 0.1) is 6.92 Å². The van der Waals surface area contributed by atoms with E-state index in [4.69, 9.17) is 4.42 Å². The Kier molecular flexibility index (Phi) is 4.82. The molecule has 0 unspecified atom stereocenters. The van der Waals surface area contributed by atoms with E-state index in [1.165, 1.54) is 6.92 Å². The summed E-state index contributed by atoms with van der Waals surface area (Å²) in [7, 11) is 0. The molecule has 0 atom stereocenters. The van der Waals surface area contributed by atoms with Crippen molar-refractivity contribution in [3.05, 3.63) is 60.5 Å². The van der Waals surface area contributed by atoms with E-state index in [0.29, 0.717) is 28.9 Å². The number of rotatable bonds is 5. The Morgan fingerprint density at radius 2 is 1.76 bits per heavy atom. The Balaban J connectivity index is 1.62. The first-order valence-corrected chi connectivity index (χ1v) is 9.06. The molecular weight excluding hydrogens is 370 g/mol. The van der Waals surface area contributed by atoms with Gasteiger partial charge in [-0.05, 0) is 30.3 Å². The Bertz CT molecular complexity index is 1210. The zero-order valence-corrected chi connectivity index (χ0v) is 16.0. The van der Waals surface area contributed by atoms with Crippen LogP contribution in [0.25, 0.3) is 22.5 Å². The van der Waals surface area contributed by atoms with Crippen molar-refractivity contribution in [3.63, 3.8) is 0 Å². The van der Waals surface area contributed by atoms with Crippen LogP contribution >= 0.6 is 0 Å². The van der Waals surface area contributed by atoms with Crippen molar-refractivity contribution in [2.45, 2.75) is 20.4 Å². The molecule has 0 radical (unpaired) electrons. The lowest BCUT2D eigenvalue weighted by atomic mass is 10.2. The quantitative estimate of drug-likeness (QED) is 0.543. The fourth-order valence-electron chi connectivity index (χ4n) is 3.18. The number of anilines is 2. The monoisotopic (exact) mass is 389 g/mol. The number of nitrogens with zero attached hydrogens (tertiary/aromatic N) is 3. The normalized spacial score (nSPS) is 10.8. The lowest BCUT2D eigenvalue weighted by Gasteiger charge is -2.11. The highest BCUT2D eigenvalue weighted by Gasteiger charge is 2.17. The topological polar surface area (TPSA) is 102 Å². The zero-order valence-electron chi connectivity index (χ0n) is 16.0. The molecule has 0 bridgehead atoms. The third-order valence-corrected chi connectivity index (χ3v) is 4.32. The van der Waals surface area contributed by atoms with Crippen molar-refractivity contribution in [3.8, 4) is 11.6 Å². The molecule has 8 heteroatoms. The maximum atomic E-state index is 12.8. The summed E-state index contributed by atoms with van der Waals surface area (Å²) in [5, 5.41) is 14.5. The van der Waals surface area contributed by atoms with E-state index >= 15 is 0 Å². The van der Waals surface area contributed by atoms with E-state index in [1.807, 2.05) is 34.9 Å². The zero-order chi connectivity index (χ0) is 20.4. The van der Waals surface area contributed by atoms with Gasteiger partial charge < -0.3 is 19.6 Å². The average Bonchev–Trinajstić information content (AvgIpc) is 3.25. The second kappa shape index (κ2) is 7.59. The molecule has 0 saturated heterocycles. The maximum absolute atomic E-state index is 12.8. The van der Waals surface area contributed by atoms with E-state index in [1.54, 1.807) is 31.2 Å². The minimum atomic E-state index is -0.219. The van der Waals surface area contributed by atoms with Crippen LogP contribution in [0.5, 0.6) is 0 Å². The van der Waals surface area contributed by atoms with Crippen LogP contribution in [0.4, 0.5) is 11.4 Å². The number of fused-ring (bicyclic) bond motifs is 1. The van der Waals surface area contributed by atoms with Crippen LogP contribution in [0.1, 0.15) is 12.8 Å². The molecule has 2 amide bonds. The summed E-state index contributed by atoms with van der Waals surface area (Å²) in [6.07, 6.45) is 0. The Labute approximate surface area is 166 Å². The molecule has 2 aromatic heterocycles. The number of hydrogen-bond acceptors (Lipinski definition) is 5. The molecule has 29 heavy (non-hydrogen) atoms. The molecule has 146 valence electrons. The van der Waals surface area contributed by atoms with Gasteiger partial charge in [-0.3, -0.25) is 9.59 Å². The van der Waals surface area contributed by atoms with Crippen molar-refractivity contribution in [2.24, 2.45) is 0 Å². The number of aryl methyl sites for hydroxylation is 1. The summed E-state index contributed by atoms with van der Waals surface area (Å²) in [5.41, 5.74) is 2.77. The van der Waals surface area contributed by atoms with Gasteiger partial charge in [0.15, 0.2) is 0 Å². The summed E-state index contributed by atoms with van der Waals surface area (Å²) >= 11 is 0. The number of amides is 2. The highest BCUT2D eigenvalue weighted by atomic mass is 16.4. The van der Waals surface area contributed by atoms with E-state index < -0.39 is 0 Å². The number of aromatic nitrogens is 3. The van der Waals surface area contributed by atoms with Gasteiger partial charge in [-0.1, -0.05) is 24.3 Å². The van der Waals surface area contributed by atoms with Gasteiger partial charge >= 0.3 is 0 Å². The van der Waals surface area contributed by atoms with Crippen molar-refractivity contribution >= 4 is 34.1 Å². The van der Waals surface area contributed by atoms with E-state index in [9.17, 15) is 9.59 Å². The molecule has 0 spiro atoms. The number of nitrogens with one attached hydrogen (secondary N) is 2. The lowest BCUT2D eigenvalue weighted by molar-refractivity contribution is -0.116. The molecule has 0 saturated carbocycles. The van der Waals surface area contributed by atoms with Crippen molar-refractivity contribution < 1.29 is 14.0 Å². The second-order valence-corrected chi connectivity index (χ2v) is 6.61. The maximum Gasteiger partial charge on any atom is 0.264 e. The average molecular weight is 389 g/mol. The third-order valence-electron chi connectivity index (χ3n) is 4.32. The molecule has 2 heterocycles. The summed E-state index contributed by atoms with van der Waals surface area (Å²) in [4.78, 5) is 24.0. The van der Waals surface area contributed by atoms with Crippen LogP contribution in [0.3, 0.4) is 0 Å². The molecule has 4 aromatic rings. The molecule has 8 nitrogen and oxygen atoms in total. The summed E-state index contributed by atoms with van der Waals surface area (Å²) in [6.45, 7) is 3.22. The van der Waals surface area contributed by atoms with Gasteiger partial charge in [0.1, 0.15) is 12.2 Å². The van der Waals surface area contributed by atoms with Crippen molar-refractivity contribution in [1.29, 1.82) is 0 Å². The number of hydrogen-bond donors (Lipinski definition) is 2. The van der Waals surface area contributed by atoms with Crippen LogP contribution in [0.2, 0.25) is 0 Å². The highest BCUT2D eigenvalue weighted by molar-refractivity contribution is 5.95. The molecular formula is C21H19N5O3. The Hall–Kier alpha value is -3.94. The van der Waals surface area contributed by atoms with Crippen LogP contribution in [0.15, 0.2) is 59.0 Å². The minimum absolute atomic E-state index is 0.0641. The van der Waals surface area contributed by atoms with Gasteiger partial charge in [0.05, 0.1) is 0 Å². The first-order chi connectivity index (χ1) is 14.0. The summed E-state index contributed by atoms with van der Waals surface area (Å²) < 4.78 is 7.42. The summed E-state index contributed by atoms with van der Waals surface area (Å²) in [6, 6.07) is 16.7. The van der Waals surface area contributed by atoms with Gasteiger partial charge in [-0.25, -0.2) is 0 Å². The van der Waals surface area contributed by atoms with Crippen LogP contribution in [-0.4, -0.2) is 26.6 Å². The van der Waals surface area contributed by atoms with E-state index in [2.05, 4.69) is 20.8 Å². The molecule has 0 fully saturated rings. The van der Waals surface area contributed by atoms with Gasteiger partial charge in [-0.15, -0.1) is 10.2 Å². The number of carbonyl (C=O) groups is 2. The smallest absolute Gasteiger partial charge is 0.264 e. The molecule has 0 aliphatic heterocycles. The number of benzene rings is 2. The molecule has 0 aliphatic rings. The lowest BCUT2D eigenvalue weighted by Crippen LogP contribution is -2.19. The first kappa shape index (κ1) is 18.4. The van der Waals surface area contributed by atoms with Crippen LogP contribution < -0.4 is 10.6 Å². The van der Waals surface area contributed by atoms with E-state index in [-0.39, 0.29) is 18.4 Å². The predicted molar refractivity (Wildman–Crippen MR) is 109 cm³/mol. The first-order valence-electron chi connectivity index (χ1n) is 9.06. The second-order valence-electron chi connectivity index (χ2n) is 6.61. The van der Waals surface area contributed by atoms with E-state index in [0.717, 1.165) is 10.9 Å².